The average molecular weight is 662 g/mol. The van der Waals surface area contributed by atoms with E-state index in [1.165, 1.54) is 30.2 Å². The summed E-state index contributed by atoms with van der Waals surface area (Å²) in [6.45, 7) is 5.88. The van der Waals surface area contributed by atoms with Crippen molar-refractivity contribution >= 4 is 39.1 Å². The molecule has 0 aliphatic rings. The zero-order valence-corrected chi connectivity index (χ0v) is 28.1. The second kappa shape index (κ2) is 15.8. The fourth-order valence-corrected chi connectivity index (χ4v) is 6.69. The Kier molecular flexibility index (Phi) is 11.8. The van der Waals surface area contributed by atoms with Crippen LogP contribution in [0.1, 0.15) is 30.5 Å². The maximum Gasteiger partial charge on any atom is 0.264 e. The minimum absolute atomic E-state index is 0.00991. The van der Waals surface area contributed by atoms with Gasteiger partial charge in [-0.25, -0.2) is 8.42 Å². The monoisotopic (exact) mass is 661 g/mol. The zero-order valence-electron chi connectivity index (χ0n) is 26.5. The first kappa shape index (κ1) is 34.5. The second-order valence-electron chi connectivity index (χ2n) is 11.4. The zero-order chi connectivity index (χ0) is 33.3. The van der Waals surface area contributed by atoms with Crippen molar-refractivity contribution in [2.45, 2.75) is 44.7 Å². The number of hydrogen-bond donors (Lipinski definition) is 1. The lowest BCUT2D eigenvalue weighted by Gasteiger charge is -2.34. The fourth-order valence-electron chi connectivity index (χ4n) is 5.01. The summed E-state index contributed by atoms with van der Waals surface area (Å²) in [5, 5.41) is 3.19. The molecule has 0 unspecified atom stereocenters. The van der Waals surface area contributed by atoms with Gasteiger partial charge in [-0.15, -0.1) is 0 Å². The number of nitrogens with one attached hydrogen (secondary N) is 1. The molecule has 0 aliphatic carbocycles. The molecule has 8 nitrogen and oxygen atoms in total. The molecular weight excluding hydrogens is 622 g/mol. The molecule has 0 spiro atoms. The lowest BCUT2D eigenvalue weighted by Crippen LogP contribution is -2.53. The van der Waals surface area contributed by atoms with E-state index in [0.29, 0.717) is 12.3 Å². The van der Waals surface area contributed by atoms with E-state index in [0.717, 1.165) is 21.0 Å². The smallest absolute Gasteiger partial charge is 0.264 e. The van der Waals surface area contributed by atoms with E-state index in [4.69, 9.17) is 16.3 Å². The number of amides is 2. The number of hydrogen-bond acceptors (Lipinski definition) is 5. The Morgan fingerprint density at radius 3 is 2.13 bits per heavy atom. The third kappa shape index (κ3) is 8.68. The number of aryl methyl sites for hydroxylation is 1. The largest absolute Gasteiger partial charge is 0.495 e. The normalized spacial score (nSPS) is 12.0. The number of methoxy groups -OCH3 is 1. The van der Waals surface area contributed by atoms with Crippen molar-refractivity contribution < 1.29 is 22.7 Å². The fraction of sp³-hybridized carbons (Fsp3) is 0.278. The maximum atomic E-state index is 14.6. The summed E-state index contributed by atoms with van der Waals surface area (Å²) in [6, 6.07) is 28.6. The minimum Gasteiger partial charge on any atom is -0.495 e. The molecule has 4 aromatic carbocycles. The van der Waals surface area contributed by atoms with Crippen LogP contribution in [0.3, 0.4) is 0 Å². The van der Waals surface area contributed by atoms with Gasteiger partial charge in [0.15, 0.2) is 0 Å². The van der Waals surface area contributed by atoms with Crippen LogP contribution in [0.4, 0.5) is 5.69 Å². The Labute approximate surface area is 277 Å². The highest BCUT2D eigenvalue weighted by Gasteiger charge is 2.35. The van der Waals surface area contributed by atoms with Crippen LogP contribution < -0.4 is 14.4 Å². The Bertz CT molecular complexity index is 1730. The van der Waals surface area contributed by atoms with Crippen LogP contribution in [-0.4, -0.2) is 51.4 Å². The van der Waals surface area contributed by atoms with Crippen LogP contribution in [0, 0.1) is 12.8 Å². The second-order valence-corrected chi connectivity index (χ2v) is 13.7. The number of sulfonamides is 1. The first-order valence-corrected chi connectivity index (χ1v) is 16.9. The molecule has 242 valence electrons. The summed E-state index contributed by atoms with van der Waals surface area (Å²) in [4.78, 5) is 30.0. The van der Waals surface area contributed by atoms with Gasteiger partial charge in [-0.05, 0) is 59.9 Å². The molecule has 2 amide bonds. The average Bonchev–Trinajstić information content (AvgIpc) is 3.05. The van der Waals surface area contributed by atoms with Crippen LogP contribution in [0.5, 0.6) is 5.75 Å². The van der Waals surface area contributed by atoms with Gasteiger partial charge in [-0.1, -0.05) is 98.2 Å². The van der Waals surface area contributed by atoms with Crippen molar-refractivity contribution in [3.8, 4) is 5.75 Å². The quantitative estimate of drug-likeness (QED) is 0.172. The van der Waals surface area contributed by atoms with Crippen LogP contribution in [0.25, 0.3) is 0 Å². The standard InChI is InChI=1S/C36H40ClN3O5S/c1-26(2)23-38-36(42)33(21-28-14-7-5-8-15-28)39(24-29-16-12-11-13-27(29)3)35(41)25-40(30-19-20-34(45-4)32(37)22-30)46(43,44)31-17-9-6-10-18-31/h5-20,22,26,33H,21,23-25H2,1-4H3,(H,38,42)/t33-/m0/s1. The Morgan fingerprint density at radius 1 is 0.891 bits per heavy atom. The molecule has 4 aromatic rings. The lowest BCUT2D eigenvalue weighted by atomic mass is 10.0. The van der Waals surface area contributed by atoms with E-state index in [2.05, 4.69) is 5.32 Å². The number of carbonyl (C=O) groups is 2. The minimum atomic E-state index is -4.24. The maximum absolute atomic E-state index is 14.6. The topological polar surface area (TPSA) is 96.0 Å². The van der Waals surface area contributed by atoms with E-state index in [1.807, 2.05) is 75.4 Å². The van der Waals surface area contributed by atoms with Crippen LogP contribution in [0.2, 0.25) is 5.02 Å². The summed E-state index contributed by atoms with van der Waals surface area (Å²) >= 11 is 6.44. The number of nitrogens with zero attached hydrogens (tertiary/aromatic N) is 2. The molecule has 0 heterocycles. The molecule has 0 radical (unpaired) electrons. The first-order valence-electron chi connectivity index (χ1n) is 15.1. The highest BCUT2D eigenvalue weighted by molar-refractivity contribution is 7.92. The van der Waals surface area contributed by atoms with Crippen molar-refractivity contribution in [1.29, 1.82) is 0 Å². The van der Waals surface area contributed by atoms with E-state index < -0.39 is 28.5 Å². The Hall–Kier alpha value is -4.34. The number of benzene rings is 4. The molecule has 0 fully saturated rings. The van der Waals surface area contributed by atoms with Gasteiger partial charge in [-0.3, -0.25) is 13.9 Å². The highest BCUT2D eigenvalue weighted by atomic mass is 35.5. The third-order valence-electron chi connectivity index (χ3n) is 7.59. The van der Waals surface area contributed by atoms with Gasteiger partial charge in [0.05, 0.1) is 22.7 Å². The summed E-state index contributed by atoms with van der Waals surface area (Å²) in [5.74, 6) is -0.312. The highest BCUT2D eigenvalue weighted by Crippen LogP contribution is 2.32. The summed E-state index contributed by atoms with van der Waals surface area (Å²) < 4.78 is 34.6. The van der Waals surface area contributed by atoms with E-state index in [9.17, 15) is 18.0 Å². The predicted molar refractivity (Wildman–Crippen MR) is 182 cm³/mol. The molecule has 1 atom stereocenters. The van der Waals surface area contributed by atoms with Crippen LogP contribution in [-0.2, 0) is 32.6 Å². The van der Waals surface area contributed by atoms with Crippen molar-refractivity contribution in [3.05, 3.63) is 125 Å². The molecule has 0 aromatic heterocycles. The van der Waals surface area contributed by atoms with E-state index in [-0.39, 0.29) is 40.4 Å². The summed E-state index contributed by atoms with van der Waals surface area (Å²) in [5.41, 5.74) is 2.83. The number of halogens is 1. The summed E-state index contributed by atoms with van der Waals surface area (Å²) in [6.07, 6.45) is 0.238. The third-order valence-corrected chi connectivity index (χ3v) is 9.67. The van der Waals surface area contributed by atoms with Crippen LogP contribution in [0.15, 0.2) is 108 Å². The molecule has 4 rings (SSSR count). The van der Waals surface area contributed by atoms with Gasteiger partial charge in [0, 0.05) is 19.5 Å². The Morgan fingerprint density at radius 2 is 1.52 bits per heavy atom. The van der Waals surface area contributed by atoms with Crippen LogP contribution >= 0.6 is 11.6 Å². The first-order chi connectivity index (χ1) is 22.0. The number of rotatable bonds is 14. The molecule has 0 bridgehead atoms. The van der Waals surface area contributed by atoms with Gasteiger partial charge in [-0.2, -0.15) is 0 Å². The SMILES string of the molecule is COc1ccc(N(CC(=O)N(Cc2ccccc2C)[C@@H](Cc2ccccc2)C(=O)NCC(C)C)S(=O)(=O)c2ccccc2)cc1Cl. The predicted octanol–water partition coefficient (Wildman–Crippen LogP) is 6.26. The van der Waals surface area contributed by atoms with Crippen molar-refractivity contribution in [3.63, 3.8) is 0 Å². The van der Waals surface area contributed by atoms with Gasteiger partial charge < -0.3 is 15.0 Å². The van der Waals surface area contributed by atoms with Gasteiger partial charge >= 0.3 is 0 Å². The van der Waals surface area contributed by atoms with E-state index >= 15 is 0 Å². The molecule has 0 saturated carbocycles. The molecule has 0 saturated heterocycles. The van der Waals surface area contributed by atoms with Gasteiger partial charge in [0.25, 0.3) is 10.0 Å². The Balaban J connectivity index is 1.82. The van der Waals surface area contributed by atoms with E-state index in [1.54, 1.807) is 30.3 Å². The van der Waals surface area contributed by atoms with Crippen molar-refractivity contribution in [2.75, 3.05) is 24.5 Å². The van der Waals surface area contributed by atoms with Gasteiger partial charge in [0.1, 0.15) is 18.3 Å². The molecule has 0 aliphatic heterocycles. The molecule has 46 heavy (non-hydrogen) atoms. The van der Waals surface area contributed by atoms with Crippen molar-refractivity contribution in [2.24, 2.45) is 5.92 Å². The number of anilines is 1. The van der Waals surface area contributed by atoms with Gasteiger partial charge in [0.2, 0.25) is 11.8 Å². The number of ether oxygens (including phenoxy) is 1. The number of carbonyl (C=O) groups excluding carboxylic acids is 2. The van der Waals surface area contributed by atoms with Crippen molar-refractivity contribution in [1.82, 2.24) is 10.2 Å². The molecule has 1 N–H and O–H groups in total. The lowest BCUT2D eigenvalue weighted by molar-refractivity contribution is -0.140. The molecule has 10 heteroatoms. The summed E-state index contributed by atoms with van der Waals surface area (Å²) in [7, 11) is -2.78. The molecular formula is C36H40ClN3O5S.